The summed E-state index contributed by atoms with van der Waals surface area (Å²) in [4.78, 5) is 25.4. The average molecular weight is 439 g/mol. The van der Waals surface area contributed by atoms with Gasteiger partial charge < -0.3 is 19.5 Å². The van der Waals surface area contributed by atoms with E-state index in [-0.39, 0.29) is 17.3 Å². The van der Waals surface area contributed by atoms with Gasteiger partial charge in [0.25, 0.3) is 5.89 Å². The van der Waals surface area contributed by atoms with Gasteiger partial charge in [-0.1, -0.05) is 0 Å². The van der Waals surface area contributed by atoms with Gasteiger partial charge in [0.15, 0.2) is 5.58 Å². The summed E-state index contributed by atoms with van der Waals surface area (Å²) < 4.78 is 6.06. The number of carbonyl (C=O) groups excluding carboxylic acids is 1. The minimum Gasteiger partial charge on any atom is -0.430 e. The fourth-order valence-corrected chi connectivity index (χ4v) is 4.72. The van der Waals surface area contributed by atoms with Gasteiger partial charge in [0.1, 0.15) is 11.6 Å². The first-order valence-corrected chi connectivity index (χ1v) is 11.0. The van der Waals surface area contributed by atoms with E-state index in [1.54, 1.807) is 25.4 Å². The van der Waals surface area contributed by atoms with E-state index in [1.165, 1.54) is 4.90 Å². The van der Waals surface area contributed by atoms with Crippen LogP contribution in [0, 0.1) is 25.2 Å². The van der Waals surface area contributed by atoms with Gasteiger partial charge in [-0.05, 0) is 39.8 Å². The highest BCUT2D eigenvalue weighted by molar-refractivity contribution is 7.09. The molecule has 3 aromatic rings. The number of nitrogens with one attached hydrogen (secondary N) is 1. The Hall–Kier alpha value is -2.96. The normalized spacial score (nSPS) is 18.5. The topological polar surface area (TPSA) is 98.3 Å². The second kappa shape index (κ2) is 7.62. The van der Waals surface area contributed by atoms with Crippen molar-refractivity contribution in [3.63, 3.8) is 0 Å². The summed E-state index contributed by atoms with van der Waals surface area (Å²) in [5, 5.41) is 16.3. The third kappa shape index (κ3) is 3.46. The number of rotatable bonds is 4. The average Bonchev–Trinajstić information content (AvgIpc) is 3.45. The van der Waals surface area contributed by atoms with E-state index >= 15 is 0 Å². The minimum atomic E-state index is -0.337. The van der Waals surface area contributed by atoms with Crippen molar-refractivity contribution in [3.05, 3.63) is 27.4 Å². The molecule has 0 radical (unpaired) electrons. The van der Waals surface area contributed by atoms with E-state index in [0.29, 0.717) is 16.7 Å². The summed E-state index contributed by atoms with van der Waals surface area (Å²) in [6.07, 6.45) is 0.956. The zero-order valence-corrected chi connectivity index (χ0v) is 19.5. The van der Waals surface area contributed by atoms with Gasteiger partial charge in [0, 0.05) is 43.7 Å². The van der Waals surface area contributed by atoms with Gasteiger partial charge in [0.05, 0.1) is 22.0 Å². The molecule has 8 nitrogen and oxygen atoms in total. The van der Waals surface area contributed by atoms with Crippen molar-refractivity contribution in [1.82, 2.24) is 20.2 Å². The molecule has 1 N–H and O–H groups in total. The van der Waals surface area contributed by atoms with Crippen molar-refractivity contribution in [1.29, 1.82) is 5.26 Å². The molecular weight excluding hydrogens is 412 g/mol. The molecule has 0 unspecified atom stereocenters. The predicted molar refractivity (Wildman–Crippen MR) is 122 cm³/mol. The lowest BCUT2D eigenvalue weighted by atomic mass is 9.96. The van der Waals surface area contributed by atoms with E-state index < -0.39 is 0 Å². The molecule has 1 atom stereocenters. The zero-order chi connectivity index (χ0) is 22.5. The Labute approximate surface area is 185 Å². The van der Waals surface area contributed by atoms with Crippen molar-refractivity contribution in [2.24, 2.45) is 0 Å². The highest BCUT2D eigenvalue weighted by atomic mass is 32.1. The van der Waals surface area contributed by atoms with Crippen LogP contribution in [0.25, 0.3) is 22.4 Å². The van der Waals surface area contributed by atoms with Crippen molar-refractivity contribution in [2.75, 3.05) is 39.1 Å². The summed E-state index contributed by atoms with van der Waals surface area (Å²) in [6.45, 7) is 7.64. The number of aryl methyl sites for hydroxylation is 1. The number of hydrogen-bond acceptors (Lipinski definition) is 8. The van der Waals surface area contributed by atoms with Gasteiger partial charge in [0.2, 0.25) is 0 Å². The maximum Gasteiger partial charge on any atom is 0.309 e. The van der Waals surface area contributed by atoms with Crippen LogP contribution in [0.5, 0.6) is 0 Å². The second-order valence-electron chi connectivity index (χ2n) is 8.47. The first-order chi connectivity index (χ1) is 14.7. The maximum absolute atomic E-state index is 12.6. The fourth-order valence-electron chi connectivity index (χ4n) is 4.11. The van der Waals surface area contributed by atoms with Gasteiger partial charge in [-0.3, -0.25) is 4.79 Å². The van der Waals surface area contributed by atoms with Gasteiger partial charge in [-0.2, -0.15) is 5.26 Å². The summed E-state index contributed by atoms with van der Waals surface area (Å²) in [5.74, 6) is -0.351. The SMILES string of the molecule is CN[C@@]1(C)CCN(c2c(-c3csc(C)n3)c(C)c(C#N)c3nc(C(=O)N(C)C)oc23)C1. The van der Waals surface area contributed by atoms with Crippen LogP contribution < -0.4 is 10.2 Å². The lowest BCUT2D eigenvalue weighted by Crippen LogP contribution is -2.42. The first kappa shape index (κ1) is 21.3. The van der Waals surface area contributed by atoms with E-state index in [1.807, 2.05) is 26.3 Å². The molecular formula is C22H26N6O2S. The zero-order valence-electron chi connectivity index (χ0n) is 18.7. The quantitative estimate of drug-likeness (QED) is 0.667. The van der Waals surface area contributed by atoms with E-state index in [4.69, 9.17) is 9.40 Å². The number of oxazole rings is 1. The number of nitriles is 1. The summed E-state index contributed by atoms with van der Waals surface area (Å²) in [6, 6.07) is 2.28. The molecule has 1 amide bonds. The van der Waals surface area contributed by atoms with Crippen LogP contribution in [-0.2, 0) is 0 Å². The molecule has 0 saturated carbocycles. The number of benzene rings is 1. The van der Waals surface area contributed by atoms with Crippen LogP contribution in [0.4, 0.5) is 5.69 Å². The van der Waals surface area contributed by atoms with Gasteiger partial charge >= 0.3 is 5.91 Å². The number of anilines is 1. The van der Waals surface area contributed by atoms with Crippen molar-refractivity contribution >= 4 is 34.0 Å². The van der Waals surface area contributed by atoms with Gasteiger partial charge in [-0.25, -0.2) is 9.97 Å². The summed E-state index contributed by atoms with van der Waals surface area (Å²) in [7, 11) is 5.27. The molecule has 1 saturated heterocycles. The molecule has 1 aromatic carbocycles. The lowest BCUT2D eigenvalue weighted by molar-refractivity contribution is 0.0791. The number of nitrogens with zero attached hydrogens (tertiary/aromatic N) is 5. The molecule has 0 aliphatic carbocycles. The Morgan fingerprint density at radius 1 is 1.39 bits per heavy atom. The Morgan fingerprint density at radius 2 is 2.13 bits per heavy atom. The second-order valence-corrected chi connectivity index (χ2v) is 9.53. The van der Waals surface area contributed by atoms with E-state index in [2.05, 4.69) is 28.2 Å². The van der Waals surface area contributed by atoms with Crippen LogP contribution >= 0.6 is 11.3 Å². The molecule has 4 rings (SSSR count). The Bertz CT molecular complexity index is 1220. The number of aromatic nitrogens is 2. The van der Waals surface area contributed by atoms with Gasteiger partial charge in [-0.15, -0.1) is 11.3 Å². The molecule has 9 heteroatoms. The summed E-state index contributed by atoms with van der Waals surface area (Å²) in [5.41, 5.74) is 4.58. The maximum atomic E-state index is 12.6. The smallest absolute Gasteiger partial charge is 0.309 e. The summed E-state index contributed by atoms with van der Waals surface area (Å²) >= 11 is 1.56. The molecule has 0 bridgehead atoms. The highest BCUT2D eigenvalue weighted by Gasteiger charge is 2.37. The fraction of sp³-hybridized carbons (Fsp3) is 0.455. The molecule has 1 aliphatic rings. The Morgan fingerprint density at radius 3 is 2.68 bits per heavy atom. The Kier molecular flexibility index (Phi) is 5.23. The van der Waals surface area contributed by atoms with E-state index in [9.17, 15) is 10.1 Å². The standard InChI is InChI=1S/C22H26N6O2S/c1-12-14(9-23)17-19(30-20(26-17)21(29)27(5)6)18(16(12)15-10-31-13(2)25-15)28-8-7-22(3,11-28)24-4/h10,24H,7-8,11H2,1-6H3/t22-/m0/s1. The van der Waals surface area contributed by atoms with Crippen LogP contribution in [0.2, 0.25) is 0 Å². The number of thiazole rings is 1. The van der Waals surface area contributed by atoms with Crippen molar-refractivity contribution in [2.45, 2.75) is 32.7 Å². The Balaban J connectivity index is 2.06. The first-order valence-electron chi connectivity index (χ1n) is 10.1. The lowest BCUT2D eigenvalue weighted by Gasteiger charge is -2.27. The van der Waals surface area contributed by atoms with Crippen molar-refractivity contribution < 1.29 is 9.21 Å². The number of fused-ring (bicyclic) bond motifs is 1. The van der Waals surface area contributed by atoms with Crippen LogP contribution in [0.15, 0.2) is 9.80 Å². The third-order valence-corrected chi connectivity index (χ3v) is 6.81. The molecule has 162 valence electrons. The number of likely N-dealkylation sites (N-methyl/N-ethyl adjacent to an activating group) is 1. The van der Waals surface area contributed by atoms with Crippen molar-refractivity contribution in [3.8, 4) is 17.3 Å². The van der Waals surface area contributed by atoms with Crippen LogP contribution in [0.1, 0.15) is 40.2 Å². The minimum absolute atomic E-state index is 0.0145. The largest absolute Gasteiger partial charge is 0.430 e. The molecule has 3 heterocycles. The molecule has 1 fully saturated rings. The highest BCUT2D eigenvalue weighted by Crippen LogP contribution is 2.44. The molecule has 1 aliphatic heterocycles. The molecule has 0 spiro atoms. The van der Waals surface area contributed by atoms with Crippen LogP contribution in [0.3, 0.4) is 0 Å². The van der Waals surface area contributed by atoms with Crippen LogP contribution in [-0.4, -0.2) is 60.5 Å². The third-order valence-electron chi connectivity index (χ3n) is 6.04. The molecule has 2 aromatic heterocycles. The predicted octanol–water partition coefficient (Wildman–Crippen LogP) is 3.33. The number of carbonyl (C=O) groups is 1. The van der Waals surface area contributed by atoms with E-state index in [0.717, 1.165) is 47.0 Å². The number of amides is 1. The molecule has 31 heavy (non-hydrogen) atoms. The number of hydrogen-bond donors (Lipinski definition) is 1. The monoisotopic (exact) mass is 438 g/mol.